The number of carbonyl (C=O) groups excluding carboxylic acids is 1. The zero-order valence-electron chi connectivity index (χ0n) is 17.0. The Morgan fingerprint density at radius 1 is 1.21 bits per heavy atom. The van der Waals surface area contributed by atoms with Gasteiger partial charge >= 0.3 is 0 Å². The van der Waals surface area contributed by atoms with Crippen molar-refractivity contribution in [3.05, 3.63) is 70.8 Å². The first kappa shape index (κ1) is 21.0. The minimum Gasteiger partial charge on any atom is -0.390 e. The van der Waals surface area contributed by atoms with E-state index in [9.17, 15) is 13.6 Å². The van der Waals surface area contributed by atoms with Gasteiger partial charge in [0.15, 0.2) is 6.10 Å². The van der Waals surface area contributed by atoms with Crippen LogP contribution in [0.5, 0.6) is 0 Å². The molecule has 0 N–H and O–H groups in total. The molecule has 29 heavy (non-hydrogen) atoms. The van der Waals surface area contributed by atoms with E-state index in [1.54, 1.807) is 4.90 Å². The molecule has 0 aliphatic carbocycles. The van der Waals surface area contributed by atoms with Crippen molar-refractivity contribution in [3.63, 3.8) is 0 Å². The smallest absolute Gasteiger partial charge is 0.223 e. The molecule has 0 fully saturated rings. The quantitative estimate of drug-likeness (QED) is 0.667. The van der Waals surface area contributed by atoms with Crippen LogP contribution in [0.4, 0.5) is 8.78 Å². The van der Waals surface area contributed by atoms with E-state index >= 15 is 0 Å². The van der Waals surface area contributed by atoms with Gasteiger partial charge in [0.25, 0.3) is 0 Å². The van der Waals surface area contributed by atoms with E-state index in [0.29, 0.717) is 19.4 Å². The van der Waals surface area contributed by atoms with Crippen LogP contribution in [0.1, 0.15) is 43.4 Å². The number of benzene rings is 2. The molecule has 1 amide bonds. The Bertz CT molecular complexity index is 894. The summed E-state index contributed by atoms with van der Waals surface area (Å²) in [5, 5.41) is 4.18. The Balaban J connectivity index is 1.70. The van der Waals surface area contributed by atoms with Gasteiger partial charge in [-0.3, -0.25) is 4.79 Å². The highest BCUT2D eigenvalue weighted by molar-refractivity contribution is 6.01. The topological polar surface area (TPSA) is 41.9 Å². The fourth-order valence-corrected chi connectivity index (χ4v) is 3.28. The molecule has 0 unspecified atom stereocenters. The number of amides is 1. The van der Waals surface area contributed by atoms with Crippen LogP contribution < -0.4 is 0 Å². The number of halogens is 2. The lowest BCUT2D eigenvalue weighted by Gasteiger charge is -2.26. The lowest BCUT2D eigenvalue weighted by Crippen LogP contribution is -2.38. The van der Waals surface area contributed by atoms with Crippen molar-refractivity contribution in [3.8, 4) is 0 Å². The minimum absolute atomic E-state index is 0.0669. The third-order valence-corrected chi connectivity index (χ3v) is 4.85. The lowest BCUT2D eigenvalue weighted by molar-refractivity contribution is -0.134. The molecular formula is C23H26F2N2O2. The molecule has 154 valence electrons. The number of nitrogens with zero attached hydrogens (tertiary/aromatic N) is 2. The zero-order valence-corrected chi connectivity index (χ0v) is 17.0. The van der Waals surface area contributed by atoms with E-state index in [2.05, 4.69) is 5.16 Å². The van der Waals surface area contributed by atoms with E-state index in [1.165, 1.54) is 12.1 Å². The first-order valence-corrected chi connectivity index (χ1v) is 9.83. The van der Waals surface area contributed by atoms with Crippen molar-refractivity contribution < 1.29 is 18.4 Å². The van der Waals surface area contributed by atoms with Gasteiger partial charge in [0, 0.05) is 31.0 Å². The predicted molar refractivity (Wildman–Crippen MR) is 108 cm³/mol. The van der Waals surface area contributed by atoms with Crippen LogP contribution >= 0.6 is 0 Å². The summed E-state index contributed by atoms with van der Waals surface area (Å²) in [6, 6.07) is 11.4. The van der Waals surface area contributed by atoms with Crippen molar-refractivity contribution in [1.82, 2.24) is 4.90 Å². The number of hydrogen-bond donors (Lipinski definition) is 0. The van der Waals surface area contributed by atoms with Gasteiger partial charge < -0.3 is 9.74 Å². The summed E-state index contributed by atoms with van der Waals surface area (Å²) in [7, 11) is 0. The maximum atomic E-state index is 14.1. The zero-order chi connectivity index (χ0) is 21.0. The first-order valence-electron chi connectivity index (χ1n) is 9.83. The monoisotopic (exact) mass is 400 g/mol. The molecule has 0 aromatic heterocycles. The largest absolute Gasteiger partial charge is 0.390 e. The normalized spacial score (nSPS) is 15.9. The van der Waals surface area contributed by atoms with Crippen LogP contribution in [0, 0.1) is 24.5 Å². The third kappa shape index (κ3) is 5.62. The highest BCUT2D eigenvalue weighted by Gasteiger charge is 2.27. The van der Waals surface area contributed by atoms with Crippen LogP contribution in [-0.4, -0.2) is 29.2 Å². The number of hydrogen-bond acceptors (Lipinski definition) is 3. The highest BCUT2D eigenvalue weighted by Crippen LogP contribution is 2.21. The Hall–Kier alpha value is -2.76. The number of rotatable bonds is 7. The summed E-state index contributed by atoms with van der Waals surface area (Å²) in [6.07, 6.45) is 0.618. The highest BCUT2D eigenvalue weighted by atomic mass is 19.1. The summed E-state index contributed by atoms with van der Waals surface area (Å²) in [4.78, 5) is 19.9. The maximum absolute atomic E-state index is 14.1. The fourth-order valence-electron chi connectivity index (χ4n) is 3.28. The van der Waals surface area contributed by atoms with Crippen LogP contribution in [0.3, 0.4) is 0 Å². The molecule has 0 saturated carbocycles. The fraction of sp³-hybridized carbons (Fsp3) is 0.391. The minimum atomic E-state index is -0.656. The first-order chi connectivity index (χ1) is 13.8. The van der Waals surface area contributed by atoms with E-state index in [-0.39, 0.29) is 30.0 Å². The van der Waals surface area contributed by atoms with Gasteiger partial charge in [0.1, 0.15) is 11.6 Å². The van der Waals surface area contributed by atoms with Crippen LogP contribution in [-0.2, 0) is 16.2 Å². The third-order valence-electron chi connectivity index (χ3n) is 4.85. The van der Waals surface area contributed by atoms with Crippen molar-refractivity contribution in [2.24, 2.45) is 11.1 Å². The van der Waals surface area contributed by atoms with Crippen molar-refractivity contribution in [1.29, 1.82) is 0 Å². The summed E-state index contributed by atoms with van der Waals surface area (Å²) in [6.45, 7) is 6.30. The van der Waals surface area contributed by atoms with E-state index < -0.39 is 11.6 Å². The molecular weight excluding hydrogens is 374 g/mol. The molecule has 1 heterocycles. The van der Waals surface area contributed by atoms with Crippen LogP contribution in [0.15, 0.2) is 47.6 Å². The Kier molecular flexibility index (Phi) is 6.62. The number of carbonyl (C=O) groups is 1. The van der Waals surface area contributed by atoms with E-state index in [1.807, 2.05) is 45.0 Å². The summed E-state index contributed by atoms with van der Waals surface area (Å²) >= 11 is 0. The van der Waals surface area contributed by atoms with Gasteiger partial charge in [0.05, 0.1) is 12.3 Å². The molecule has 3 rings (SSSR count). The van der Waals surface area contributed by atoms with Crippen molar-refractivity contribution in [2.45, 2.75) is 46.3 Å². The second-order valence-electron chi connectivity index (χ2n) is 7.94. The molecule has 1 aliphatic heterocycles. The van der Waals surface area contributed by atoms with E-state index in [4.69, 9.17) is 4.84 Å². The number of aryl methyl sites for hydroxylation is 1. The molecule has 6 heteroatoms. The molecule has 1 atom stereocenters. The second kappa shape index (κ2) is 9.16. The summed E-state index contributed by atoms with van der Waals surface area (Å²) < 4.78 is 27.4. The van der Waals surface area contributed by atoms with Gasteiger partial charge in [-0.2, -0.15) is 0 Å². The summed E-state index contributed by atoms with van der Waals surface area (Å²) in [5.74, 6) is -1.21. The molecule has 2 aromatic rings. The average molecular weight is 400 g/mol. The Labute approximate surface area is 170 Å². The van der Waals surface area contributed by atoms with Gasteiger partial charge in [-0.05, 0) is 24.5 Å². The summed E-state index contributed by atoms with van der Waals surface area (Å²) in [5.41, 5.74) is 3.26. The van der Waals surface area contributed by atoms with Gasteiger partial charge in [-0.1, -0.05) is 54.9 Å². The van der Waals surface area contributed by atoms with E-state index in [0.717, 1.165) is 22.9 Å². The Morgan fingerprint density at radius 3 is 2.59 bits per heavy atom. The second-order valence-corrected chi connectivity index (χ2v) is 7.94. The number of oxime groups is 1. The van der Waals surface area contributed by atoms with Crippen molar-refractivity contribution in [2.75, 3.05) is 6.54 Å². The molecule has 1 aliphatic rings. The standard InChI is InChI=1S/C23H26F2N2O2/c1-15(2)10-23(28)27(13-18-8-9-19(24)11-21(18)25)14-20-12-22(26-29-20)17-6-4-16(3)5-7-17/h4-9,11,15,20H,10,12-14H2,1-3H3/t20-/m0/s1. The van der Waals surface area contributed by atoms with Crippen LogP contribution in [0.25, 0.3) is 0 Å². The molecule has 0 saturated heterocycles. The lowest BCUT2D eigenvalue weighted by atomic mass is 10.0. The average Bonchev–Trinajstić information content (AvgIpc) is 3.12. The van der Waals surface area contributed by atoms with Crippen LogP contribution in [0.2, 0.25) is 0 Å². The van der Waals surface area contributed by atoms with Gasteiger partial charge in [-0.15, -0.1) is 0 Å². The molecule has 0 radical (unpaired) electrons. The maximum Gasteiger partial charge on any atom is 0.223 e. The Morgan fingerprint density at radius 2 is 1.93 bits per heavy atom. The molecule has 0 spiro atoms. The predicted octanol–water partition coefficient (Wildman–Crippen LogP) is 4.84. The van der Waals surface area contributed by atoms with Crippen molar-refractivity contribution >= 4 is 11.6 Å². The molecule has 0 bridgehead atoms. The van der Waals surface area contributed by atoms with Gasteiger partial charge in [0.2, 0.25) is 5.91 Å². The van der Waals surface area contributed by atoms with Gasteiger partial charge in [-0.25, -0.2) is 8.78 Å². The molecule has 2 aromatic carbocycles. The SMILES string of the molecule is Cc1ccc(C2=NO[C@H](CN(Cc3ccc(F)cc3F)C(=O)CC(C)C)C2)cc1. The molecule has 4 nitrogen and oxygen atoms in total.